The van der Waals surface area contributed by atoms with Crippen LogP contribution in [0.15, 0.2) is 24.3 Å². The first-order valence-electron chi connectivity index (χ1n) is 8.57. The maximum atomic E-state index is 12.5. The van der Waals surface area contributed by atoms with Crippen molar-refractivity contribution >= 4 is 6.03 Å². The Kier molecular flexibility index (Phi) is 6.84. The van der Waals surface area contributed by atoms with Crippen molar-refractivity contribution in [2.24, 2.45) is 11.7 Å². The third-order valence-electron chi connectivity index (χ3n) is 4.63. The van der Waals surface area contributed by atoms with Gasteiger partial charge in [-0.25, -0.2) is 4.79 Å². The average molecular weight is 321 g/mol. The molecule has 2 rings (SSSR count). The van der Waals surface area contributed by atoms with Crippen molar-refractivity contribution in [1.82, 2.24) is 10.2 Å². The number of urea groups is 1. The first-order chi connectivity index (χ1) is 11.2. The molecule has 3 N–H and O–H groups in total. The standard InChI is InChI=1S/C18H28FN3O/c1-2-15-7-3-4-8-16(15)17(20)12-21-18(23)22-11-5-6-14(13-22)9-10-19/h3-4,7-8,14,17H,2,5-6,9-13,20H2,1H3,(H,21,23). The molecule has 128 valence electrons. The predicted molar refractivity (Wildman–Crippen MR) is 91.0 cm³/mol. The second-order valence-corrected chi connectivity index (χ2v) is 6.28. The third kappa shape index (κ3) is 4.93. The van der Waals surface area contributed by atoms with Crippen molar-refractivity contribution in [3.8, 4) is 0 Å². The quantitative estimate of drug-likeness (QED) is 0.846. The van der Waals surface area contributed by atoms with Crippen LogP contribution in [0.25, 0.3) is 0 Å². The van der Waals surface area contributed by atoms with E-state index in [0.717, 1.165) is 31.4 Å². The first kappa shape index (κ1) is 17.7. The molecular formula is C18H28FN3O. The Morgan fingerprint density at radius 1 is 1.48 bits per heavy atom. The number of likely N-dealkylation sites (tertiary alicyclic amines) is 1. The van der Waals surface area contributed by atoms with Crippen molar-refractivity contribution in [1.29, 1.82) is 0 Å². The van der Waals surface area contributed by atoms with Gasteiger partial charge in [0.1, 0.15) is 0 Å². The van der Waals surface area contributed by atoms with Crippen molar-refractivity contribution in [3.05, 3.63) is 35.4 Å². The number of nitrogens with zero attached hydrogens (tertiary/aromatic N) is 1. The maximum Gasteiger partial charge on any atom is 0.317 e. The van der Waals surface area contributed by atoms with E-state index < -0.39 is 0 Å². The molecule has 1 fully saturated rings. The summed E-state index contributed by atoms with van der Waals surface area (Å²) >= 11 is 0. The van der Waals surface area contributed by atoms with E-state index in [1.54, 1.807) is 4.90 Å². The van der Waals surface area contributed by atoms with Crippen LogP contribution >= 0.6 is 0 Å². The lowest BCUT2D eigenvalue weighted by Crippen LogP contribution is -2.47. The minimum atomic E-state index is -0.307. The molecule has 0 aromatic heterocycles. The van der Waals surface area contributed by atoms with E-state index in [-0.39, 0.29) is 24.7 Å². The molecule has 1 heterocycles. The molecule has 0 bridgehead atoms. The molecule has 2 atom stereocenters. The zero-order valence-corrected chi connectivity index (χ0v) is 13.9. The fraction of sp³-hybridized carbons (Fsp3) is 0.611. The number of rotatable bonds is 6. The fourth-order valence-electron chi connectivity index (χ4n) is 3.28. The highest BCUT2D eigenvalue weighted by Crippen LogP contribution is 2.20. The Morgan fingerprint density at radius 2 is 2.26 bits per heavy atom. The number of halogens is 1. The highest BCUT2D eigenvalue weighted by Gasteiger charge is 2.23. The molecule has 1 saturated heterocycles. The van der Waals surface area contributed by atoms with Gasteiger partial charge in [0.2, 0.25) is 0 Å². The van der Waals surface area contributed by atoms with Gasteiger partial charge >= 0.3 is 6.03 Å². The van der Waals surface area contributed by atoms with Crippen molar-refractivity contribution in [2.45, 2.75) is 38.6 Å². The molecule has 4 nitrogen and oxygen atoms in total. The molecule has 2 unspecified atom stereocenters. The van der Waals surface area contributed by atoms with Crippen LogP contribution in [0.4, 0.5) is 9.18 Å². The molecule has 0 spiro atoms. The third-order valence-corrected chi connectivity index (χ3v) is 4.63. The van der Waals surface area contributed by atoms with E-state index in [9.17, 15) is 9.18 Å². The summed E-state index contributed by atoms with van der Waals surface area (Å²) in [6.45, 7) is 3.60. The van der Waals surface area contributed by atoms with Crippen LogP contribution < -0.4 is 11.1 Å². The number of aryl methyl sites for hydroxylation is 1. The van der Waals surface area contributed by atoms with Gasteiger partial charge in [-0.3, -0.25) is 4.39 Å². The zero-order chi connectivity index (χ0) is 16.7. The molecule has 1 aromatic rings. The number of piperidine rings is 1. The fourth-order valence-corrected chi connectivity index (χ4v) is 3.28. The number of hydrogen-bond donors (Lipinski definition) is 2. The zero-order valence-electron chi connectivity index (χ0n) is 13.9. The Labute approximate surface area is 138 Å². The normalized spacial score (nSPS) is 19.4. The van der Waals surface area contributed by atoms with E-state index in [1.165, 1.54) is 5.56 Å². The number of benzene rings is 1. The number of alkyl halides is 1. The Bertz CT molecular complexity index is 507. The lowest BCUT2D eigenvalue weighted by Gasteiger charge is -2.32. The molecule has 0 radical (unpaired) electrons. The Hall–Kier alpha value is -1.62. The molecule has 0 saturated carbocycles. The topological polar surface area (TPSA) is 58.4 Å². The highest BCUT2D eigenvalue weighted by atomic mass is 19.1. The van der Waals surface area contributed by atoms with Gasteiger partial charge in [-0.2, -0.15) is 0 Å². The average Bonchev–Trinajstić information content (AvgIpc) is 2.59. The number of carbonyl (C=O) groups is 1. The minimum absolute atomic E-state index is 0.0852. The lowest BCUT2D eigenvalue weighted by atomic mass is 9.95. The number of hydrogen-bond acceptors (Lipinski definition) is 2. The summed E-state index contributed by atoms with van der Waals surface area (Å²) in [7, 11) is 0. The second-order valence-electron chi connectivity index (χ2n) is 6.28. The number of amides is 2. The molecule has 5 heteroatoms. The van der Waals surface area contributed by atoms with Crippen LogP contribution in [0.2, 0.25) is 0 Å². The largest absolute Gasteiger partial charge is 0.336 e. The van der Waals surface area contributed by atoms with Crippen LogP contribution in [0.5, 0.6) is 0 Å². The summed E-state index contributed by atoms with van der Waals surface area (Å²) in [5.41, 5.74) is 8.55. The molecule has 2 amide bonds. The summed E-state index contributed by atoms with van der Waals surface area (Å²) in [6, 6.07) is 7.78. The van der Waals surface area contributed by atoms with Crippen LogP contribution in [-0.2, 0) is 6.42 Å². The van der Waals surface area contributed by atoms with Gasteiger partial charge in [0, 0.05) is 25.7 Å². The van der Waals surface area contributed by atoms with E-state index >= 15 is 0 Å². The first-order valence-corrected chi connectivity index (χ1v) is 8.57. The molecule has 23 heavy (non-hydrogen) atoms. The van der Waals surface area contributed by atoms with E-state index in [4.69, 9.17) is 5.73 Å². The van der Waals surface area contributed by atoms with Gasteiger partial charge in [0.25, 0.3) is 0 Å². The van der Waals surface area contributed by atoms with Gasteiger partial charge in [-0.15, -0.1) is 0 Å². The summed E-state index contributed by atoms with van der Waals surface area (Å²) in [6.07, 6.45) is 3.43. The molecule has 1 aliphatic heterocycles. The number of nitrogens with one attached hydrogen (secondary N) is 1. The van der Waals surface area contributed by atoms with Crippen LogP contribution in [0.1, 0.15) is 43.4 Å². The van der Waals surface area contributed by atoms with E-state index in [0.29, 0.717) is 19.5 Å². The summed E-state index contributed by atoms with van der Waals surface area (Å²) < 4.78 is 12.5. The maximum absolute atomic E-state index is 12.5. The number of nitrogens with two attached hydrogens (primary N) is 1. The van der Waals surface area contributed by atoms with Crippen molar-refractivity contribution in [2.75, 3.05) is 26.3 Å². The summed E-state index contributed by atoms with van der Waals surface area (Å²) in [5, 5.41) is 2.93. The van der Waals surface area contributed by atoms with Gasteiger partial charge in [0.15, 0.2) is 0 Å². The molecular weight excluding hydrogens is 293 g/mol. The smallest absolute Gasteiger partial charge is 0.317 e. The SMILES string of the molecule is CCc1ccccc1C(N)CNC(=O)N1CCCC(CCF)C1. The van der Waals surface area contributed by atoms with Crippen molar-refractivity contribution < 1.29 is 9.18 Å². The van der Waals surface area contributed by atoms with Crippen LogP contribution in [0, 0.1) is 5.92 Å². The monoisotopic (exact) mass is 321 g/mol. The molecule has 1 aromatic carbocycles. The van der Waals surface area contributed by atoms with E-state index in [2.05, 4.69) is 18.3 Å². The van der Waals surface area contributed by atoms with Gasteiger partial charge in [-0.1, -0.05) is 31.2 Å². The Morgan fingerprint density at radius 3 is 3.00 bits per heavy atom. The summed E-state index contributed by atoms with van der Waals surface area (Å²) in [5.74, 6) is 0.286. The Balaban J connectivity index is 1.86. The molecule has 0 aliphatic carbocycles. The lowest BCUT2D eigenvalue weighted by molar-refractivity contribution is 0.158. The summed E-state index contributed by atoms with van der Waals surface area (Å²) in [4.78, 5) is 14.1. The number of carbonyl (C=O) groups excluding carboxylic acids is 1. The minimum Gasteiger partial charge on any atom is -0.336 e. The van der Waals surface area contributed by atoms with Crippen LogP contribution in [0.3, 0.4) is 0 Å². The predicted octanol–water partition coefficient (Wildman–Crippen LogP) is 3.03. The van der Waals surface area contributed by atoms with Crippen LogP contribution in [-0.4, -0.2) is 37.2 Å². The van der Waals surface area contributed by atoms with E-state index in [1.807, 2.05) is 18.2 Å². The van der Waals surface area contributed by atoms with Gasteiger partial charge < -0.3 is 16.0 Å². The highest BCUT2D eigenvalue weighted by molar-refractivity contribution is 5.74. The van der Waals surface area contributed by atoms with Gasteiger partial charge in [0.05, 0.1) is 6.67 Å². The van der Waals surface area contributed by atoms with Crippen molar-refractivity contribution in [3.63, 3.8) is 0 Å². The molecule has 1 aliphatic rings. The second kappa shape index (κ2) is 8.87. The van der Waals surface area contributed by atoms with Gasteiger partial charge in [-0.05, 0) is 42.7 Å².